The molecular weight excluding hydrogens is 538 g/mol. The van der Waals surface area contributed by atoms with Crippen molar-refractivity contribution in [1.82, 2.24) is 26.2 Å². The van der Waals surface area contributed by atoms with Crippen LogP contribution >= 0.6 is 0 Å². The zero-order valence-electron chi connectivity index (χ0n) is 25.4. The van der Waals surface area contributed by atoms with Crippen LogP contribution in [0.3, 0.4) is 0 Å². The highest BCUT2D eigenvalue weighted by atomic mass is 16.5. The number of nitrogens with zero attached hydrogens (tertiary/aromatic N) is 1. The van der Waals surface area contributed by atoms with Crippen molar-refractivity contribution in [3.8, 4) is 0 Å². The number of carbonyl (C=O) groups excluding carboxylic acids is 6. The average Bonchev–Trinajstić information content (AvgIpc) is 2.93. The first-order chi connectivity index (χ1) is 19.1. The molecule has 0 aromatic rings. The van der Waals surface area contributed by atoms with E-state index in [2.05, 4.69) is 21.3 Å². The van der Waals surface area contributed by atoms with Crippen molar-refractivity contribution in [2.75, 3.05) is 33.9 Å². The monoisotopic (exact) mass is 587 g/mol. The third-order valence-corrected chi connectivity index (χ3v) is 6.72. The van der Waals surface area contributed by atoms with Gasteiger partial charge in [0.2, 0.25) is 23.6 Å². The molecule has 0 aliphatic heterocycles. The highest BCUT2D eigenvalue weighted by Crippen LogP contribution is 2.12. The van der Waals surface area contributed by atoms with Crippen LogP contribution in [0.1, 0.15) is 54.4 Å². The number of hydrogen-bond donors (Lipinski definition) is 6. The van der Waals surface area contributed by atoms with Crippen molar-refractivity contribution in [2.24, 2.45) is 17.8 Å². The van der Waals surface area contributed by atoms with Crippen LogP contribution < -0.4 is 21.3 Å². The second kappa shape index (κ2) is 19.1. The Morgan fingerprint density at radius 1 is 0.951 bits per heavy atom. The summed E-state index contributed by atoms with van der Waals surface area (Å²) in [5, 5.41) is 29.5. The molecule has 0 fully saturated rings. The molecule has 0 aromatic heterocycles. The number of ether oxygens (including phenoxy) is 1. The fourth-order valence-corrected chi connectivity index (χ4v) is 3.93. The van der Waals surface area contributed by atoms with Crippen LogP contribution in [-0.4, -0.2) is 115 Å². The van der Waals surface area contributed by atoms with E-state index in [9.17, 15) is 39.0 Å². The summed E-state index contributed by atoms with van der Waals surface area (Å²) >= 11 is 0. The maximum atomic E-state index is 12.7. The molecule has 0 saturated heterocycles. The average molecular weight is 588 g/mol. The molecule has 6 N–H and O–H groups in total. The molecule has 14 heteroatoms. The second-order valence-electron chi connectivity index (χ2n) is 10.7. The lowest BCUT2D eigenvalue weighted by Gasteiger charge is -2.27. The largest absolute Gasteiger partial charge is 0.464 e. The van der Waals surface area contributed by atoms with Crippen LogP contribution in [0.4, 0.5) is 0 Å². The minimum atomic E-state index is -1.51. The quantitative estimate of drug-likeness (QED) is 0.0749. The molecule has 0 radical (unpaired) electrons. The molecule has 41 heavy (non-hydrogen) atoms. The van der Waals surface area contributed by atoms with E-state index in [-0.39, 0.29) is 24.3 Å². The Morgan fingerprint density at radius 3 is 2.02 bits per heavy atom. The van der Waals surface area contributed by atoms with Crippen molar-refractivity contribution in [3.63, 3.8) is 0 Å². The van der Waals surface area contributed by atoms with Gasteiger partial charge in [0.15, 0.2) is 0 Å². The summed E-state index contributed by atoms with van der Waals surface area (Å²) in [5.41, 5.74) is 0. The Bertz CT molecular complexity index is 883. The van der Waals surface area contributed by atoms with Gasteiger partial charge in [-0.1, -0.05) is 41.0 Å². The normalized spacial score (nSPS) is 16.3. The van der Waals surface area contributed by atoms with Gasteiger partial charge in [0, 0.05) is 7.05 Å². The molecule has 6 unspecified atom stereocenters. The topological polar surface area (TPSA) is 203 Å². The molecule has 0 spiro atoms. The molecule has 0 rings (SSSR count). The molecule has 236 valence electrons. The van der Waals surface area contributed by atoms with E-state index in [1.165, 1.54) is 18.9 Å². The van der Waals surface area contributed by atoms with E-state index in [1.807, 2.05) is 27.7 Å². The van der Waals surface area contributed by atoms with Gasteiger partial charge in [-0.3, -0.25) is 24.0 Å². The zero-order chi connectivity index (χ0) is 31.9. The summed E-state index contributed by atoms with van der Waals surface area (Å²) in [5.74, 6) is -4.19. The van der Waals surface area contributed by atoms with Crippen molar-refractivity contribution < 1.29 is 43.7 Å². The number of aliphatic hydroxyl groups excluding tert-OH is 2. The van der Waals surface area contributed by atoms with Crippen LogP contribution in [0.5, 0.6) is 0 Å². The van der Waals surface area contributed by atoms with Gasteiger partial charge in [-0.2, -0.15) is 0 Å². The molecule has 0 bridgehead atoms. The van der Waals surface area contributed by atoms with E-state index >= 15 is 0 Å². The predicted molar refractivity (Wildman–Crippen MR) is 150 cm³/mol. The number of hydrogen-bond acceptors (Lipinski definition) is 10. The first-order valence-electron chi connectivity index (χ1n) is 13.9. The second-order valence-corrected chi connectivity index (χ2v) is 10.7. The van der Waals surface area contributed by atoms with Crippen LogP contribution in [-0.2, 0) is 33.5 Å². The van der Waals surface area contributed by atoms with E-state index in [1.54, 1.807) is 14.0 Å². The number of nitrogens with one attached hydrogen (secondary N) is 4. The van der Waals surface area contributed by atoms with Gasteiger partial charge in [0.05, 0.1) is 30.7 Å². The molecule has 0 saturated carbocycles. The van der Waals surface area contributed by atoms with Crippen LogP contribution in [0.2, 0.25) is 0 Å². The molecule has 4 amide bonds. The van der Waals surface area contributed by atoms with Crippen molar-refractivity contribution in [1.29, 1.82) is 0 Å². The molecule has 0 aromatic carbocycles. The smallest absolute Gasteiger partial charge is 0.325 e. The lowest BCUT2D eigenvalue weighted by molar-refractivity contribution is -0.149. The minimum Gasteiger partial charge on any atom is -0.464 e. The van der Waals surface area contributed by atoms with E-state index in [4.69, 9.17) is 4.74 Å². The summed E-state index contributed by atoms with van der Waals surface area (Å²) in [7, 11) is 3.10. The number of carbonyl (C=O) groups is 6. The van der Waals surface area contributed by atoms with Gasteiger partial charge in [-0.15, -0.1) is 0 Å². The van der Waals surface area contributed by atoms with Crippen molar-refractivity contribution in [2.45, 2.75) is 84.7 Å². The van der Waals surface area contributed by atoms with Crippen LogP contribution in [0.15, 0.2) is 0 Å². The Hall–Kier alpha value is -3.10. The van der Waals surface area contributed by atoms with Gasteiger partial charge in [-0.05, 0) is 32.2 Å². The zero-order valence-corrected chi connectivity index (χ0v) is 25.4. The Labute approximate surface area is 242 Å². The number of likely N-dealkylation sites (N-methyl/N-ethyl adjacent to an activating group) is 2. The lowest BCUT2D eigenvalue weighted by Crippen LogP contribution is -2.60. The fraction of sp³-hybridized carbons (Fsp3) is 0.778. The van der Waals surface area contributed by atoms with Crippen LogP contribution in [0, 0.1) is 17.8 Å². The van der Waals surface area contributed by atoms with Gasteiger partial charge in [0.25, 0.3) is 0 Å². The summed E-state index contributed by atoms with van der Waals surface area (Å²) in [4.78, 5) is 75.4. The molecule has 7 atom stereocenters. The summed E-state index contributed by atoms with van der Waals surface area (Å²) in [6, 6.07) is -4.12. The number of aliphatic hydroxyl groups is 2. The number of amides is 4. The summed E-state index contributed by atoms with van der Waals surface area (Å²) in [6.07, 6.45) is 0.490. The summed E-state index contributed by atoms with van der Waals surface area (Å²) < 4.78 is 5.08. The van der Waals surface area contributed by atoms with Gasteiger partial charge in [-0.25, -0.2) is 0 Å². The Kier molecular flexibility index (Phi) is 17.7. The van der Waals surface area contributed by atoms with E-state index in [0.717, 1.165) is 0 Å². The van der Waals surface area contributed by atoms with Gasteiger partial charge >= 0.3 is 5.97 Å². The standard InChI is InChI=1S/C27H49N5O9/c1-9-16(4)22(28-7)26(39)30-20(13-34)24(37)31-23(18(6)35)25(38)29-11-21(36)41-14-17(5)27(40)32(8)19(12-33)10-15(2)3/h12,15-20,22-23,28,34-35H,9-11,13-14H2,1-8H3,(H,29,38)(H,30,39)(H,31,37)/t16-,17?,18?,19?,20?,22?,23?/m0/s1. The number of rotatable bonds is 19. The minimum absolute atomic E-state index is 0.0571. The molecule has 0 aliphatic rings. The van der Waals surface area contributed by atoms with Crippen molar-refractivity contribution >= 4 is 35.9 Å². The fourth-order valence-electron chi connectivity index (χ4n) is 3.93. The Morgan fingerprint density at radius 2 is 1.56 bits per heavy atom. The third kappa shape index (κ3) is 13.0. The predicted octanol–water partition coefficient (Wildman–Crippen LogP) is -1.67. The SMILES string of the molecule is CC[C@H](C)C(NC)C(=O)NC(CO)C(=O)NC(C(=O)NCC(=O)OCC(C)C(=O)N(C)C(C=O)CC(C)C)C(C)O. The number of esters is 1. The van der Waals surface area contributed by atoms with Gasteiger partial charge in [0.1, 0.15) is 31.5 Å². The van der Waals surface area contributed by atoms with E-state index < -0.39 is 73.0 Å². The van der Waals surface area contributed by atoms with Crippen molar-refractivity contribution in [3.05, 3.63) is 0 Å². The lowest BCUT2D eigenvalue weighted by atomic mass is 9.98. The molecule has 0 heterocycles. The third-order valence-electron chi connectivity index (χ3n) is 6.72. The highest BCUT2D eigenvalue weighted by Gasteiger charge is 2.32. The first kappa shape index (κ1) is 37.9. The first-order valence-corrected chi connectivity index (χ1v) is 13.9. The summed E-state index contributed by atoms with van der Waals surface area (Å²) in [6.45, 7) is 8.73. The Balaban J connectivity index is 5.01. The van der Waals surface area contributed by atoms with E-state index in [0.29, 0.717) is 19.1 Å². The molecule has 0 aliphatic carbocycles. The maximum Gasteiger partial charge on any atom is 0.325 e. The molecule has 14 nitrogen and oxygen atoms in total. The maximum absolute atomic E-state index is 12.7. The van der Waals surface area contributed by atoms with Crippen LogP contribution in [0.25, 0.3) is 0 Å². The molecular formula is C27H49N5O9. The highest BCUT2D eigenvalue weighted by molar-refractivity contribution is 5.94. The van der Waals surface area contributed by atoms with Gasteiger partial charge < -0.3 is 45.9 Å². The number of aldehydes is 1.